The second-order valence-corrected chi connectivity index (χ2v) is 10.7. The van der Waals surface area contributed by atoms with Crippen LogP contribution in [0, 0.1) is 5.82 Å². The van der Waals surface area contributed by atoms with Gasteiger partial charge in [-0.15, -0.1) is 0 Å². The normalized spacial score (nSPS) is 11.4. The maximum absolute atomic E-state index is 13.9. The third-order valence-electron chi connectivity index (χ3n) is 4.99. The lowest BCUT2D eigenvalue weighted by Crippen LogP contribution is -2.27. The number of sulfone groups is 1. The zero-order valence-electron chi connectivity index (χ0n) is 17.9. The predicted octanol–water partition coefficient (Wildman–Crippen LogP) is 5.55. The van der Waals surface area contributed by atoms with E-state index in [0.29, 0.717) is 46.5 Å². The van der Waals surface area contributed by atoms with E-state index < -0.39 is 21.7 Å². The molecule has 0 radical (unpaired) electrons. The number of nitrogens with zero attached hydrogens (tertiary/aromatic N) is 2. The largest absolute Gasteiger partial charge is 0.453 e. The Bertz CT molecular complexity index is 1270. The van der Waals surface area contributed by atoms with Crippen LogP contribution in [-0.4, -0.2) is 55.8 Å². The Labute approximate surface area is 205 Å². The molecule has 2 aromatic carbocycles. The highest BCUT2D eigenvalue weighted by atomic mass is 79.9. The first-order valence-electron chi connectivity index (χ1n) is 9.94. The van der Waals surface area contributed by atoms with Crippen molar-refractivity contribution >= 4 is 43.5 Å². The minimum Gasteiger partial charge on any atom is -0.453 e. The van der Waals surface area contributed by atoms with Crippen LogP contribution < -0.4 is 0 Å². The number of rotatable bonds is 8. The second kappa shape index (κ2) is 10.7. The van der Waals surface area contributed by atoms with E-state index in [2.05, 4.69) is 30.6 Å². The van der Waals surface area contributed by atoms with E-state index in [4.69, 9.17) is 11.6 Å². The summed E-state index contributed by atoms with van der Waals surface area (Å²) in [7, 11) is -0.791. The zero-order chi connectivity index (χ0) is 24.2. The molecule has 3 rings (SSSR count). The quantitative estimate of drug-likeness (QED) is 0.366. The van der Waals surface area contributed by atoms with E-state index >= 15 is 0 Å². The molecule has 0 aliphatic rings. The average Bonchev–Trinajstić information content (AvgIpc) is 3.28. The highest BCUT2D eigenvalue weighted by molar-refractivity contribution is 9.10. The number of aromatic amines is 1. The molecule has 0 fully saturated rings. The number of benzene rings is 2. The third kappa shape index (κ3) is 6.13. The first-order chi connectivity index (χ1) is 15.6. The molecule has 11 heteroatoms. The number of hydrogen-bond acceptors (Lipinski definition) is 5. The lowest BCUT2D eigenvalue weighted by molar-refractivity contribution is 0.133. The molecule has 1 aromatic heterocycles. The Kier molecular flexibility index (Phi) is 8.14. The van der Waals surface area contributed by atoms with E-state index in [-0.39, 0.29) is 15.7 Å². The molecule has 0 spiro atoms. The van der Waals surface area contributed by atoms with Gasteiger partial charge in [-0.1, -0.05) is 17.7 Å². The summed E-state index contributed by atoms with van der Waals surface area (Å²) < 4.78 is 44.6. The predicted molar refractivity (Wildman–Crippen MR) is 128 cm³/mol. The summed E-state index contributed by atoms with van der Waals surface area (Å²) in [5.41, 5.74) is 1.73. The highest BCUT2D eigenvalue weighted by Crippen LogP contribution is 2.30. The number of nitrogens with one attached hydrogen (secondary N) is 1. The molecule has 3 aromatic rings. The van der Waals surface area contributed by atoms with Crippen LogP contribution in [0.1, 0.15) is 12.8 Å². The van der Waals surface area contributed by atoms with Gasteiger partial charge in [0, 0.05) is 24.7 Å². The van der Waals surface area contributed by atoms with Crippen LogP contribution in [0.2, 0.25) is 5.02 Å². The number of carbonyl (C=O) groups excluding carboxylic acids is 1. The standard InChI is InChI=1S/C22H22BrClFN3O4S/c1-28(22(29)32-2)9-3-4-10-33(30,31)20-12-15(6-8-17(20)24)21-26-13-19(27-21)14-5-7-16(23)18(25)11-14/h5-8,11-13H,3-4,9-10H2,1-2H3,(H,26,27). The number of carbonyl (C=O) groups is 1. The molecule has 176 valence electrons. The minimum atomic E-state index is -3.66. The molecule has 1 amide bonds. The van der Waals surface area contributed by atoms with Crippen LogP contribution in [0.25, 0.3) is 22.6 Å². The van der Waals surface area contributed by atoms with Crippen molar-refractivity contribution in [3.8, 4) is 22.6 Å². The molecule has 0 unspecified atom stereocenters. The molecule has 0 saturated heterocycles. The molecule has 0 bridgehead atoms. The summed E-state index contributed by atoms with van der Waals surface area (Å²) in [6.45, 7) is 0.377. The molecule has 7 nitrogen and oxygen atoms in total. The van der Waals surface area contributed by atoms with Gasteiger partial charge in [0.2, 0.25) is 0 Å². The van der Waals surface area contributed by atoms with Crippen LogP contribution in [0.3, 0.4) is 0 Å². The number of amides is 1. The first kappa shape index (κ1) is 25.2. The lowest BCUT2D eigenvalue weighted by atomic mass is 10.2. The average molecular weight is 559 g/mol. The van der Waals surface area contributed by atoms with Gasteiger partial charge in [0.25, 0.3) is 0 Å². The molecule has 1 heterocycles. The number of aromatic nitrogens is 2. The van der Waals surface area contributed by atoms with Gasteiger partial charge >= 0.3 is 6.09 Å². The highest BCUT2D eigenvalue weighted by Gasteiger charge is 2.20. The fraction of sp³-hybridized carbons (Fsp3) is 0.273. The molecule has 0 saturated carbocycles. The van der Waals surface area contributed by atoms with Crippen molar-refractivity contribution in [1.29, 1.82) is 0 Å². The molecule has 0 aliphatic carbocycles. The minimum absolute atomic E-state index is 0.00984. The van der Waals surface area contributed by atoms with Crippen LogP contribution in [0.5, 0.6) is 0 Å². The van der Waals surface area contributed by atoms with Crippen LogP contribution in [0.4, 0.5) is 9.18 Å². The zero-order valence-corrected chi connectivity index (χ0v) is 21.1. The van der Waals surface area contributed by atoms with E-state index in [1.165, 1.54) is 30.2 Å². The summed E-state index contributed by atoms with van der Waals surface area (Å²) in [4.78, 5) is 20.2. The SMILES string of the molecule is COC(=O)N(C)CCCCS(=O)(=O)c1cc(-c2ncc(-c3ccc(Br)c(F)c3)[nH]2)ccc1Cl. The molecule has 0 atom stereocenters. The van der Waals surface area contributed by atoms with Crippen molar-refractivity contribution in [2.24, 2.45) is 0 Å². The Morgan fingerprint density at radius 2 is 1.94 bits per heavy atom. The van der Waals surface area contributed by atoms with Crippen molar-refractivity contribution in [2.75, 3.05) is 26.5 Å². The van der Waals surface area contributed by atoms with Gasteiger partial charge in [-0.05, 0) is 59.1 Å². The van der Waals surface area contributed by atoms with Gasteiger partial charge in [0.1, 0.15) is 11.6 Å². The van der Waals surface area contributed by atoms with Crippen LogP contribution in [-0.2, 0) is 14.6 Å². The lowest BCUT2D eigenvalue weighted by Gasteiger charge is -2.15. The molecule has 1 N–H and O–H groups in total. The Balaban J connectivity index is 1.76. The van der Waals surface area contributed by atoms with Gasteiger partial charge in [0.15, 0.2) is 9.84 Å². The number of unbranched alkanes of at least 4 members (excludes halogenated alkanes) is 1. The van der Waals surface area contributed by atoms with E-state index in [9.17, 15) is 17.6 Å². The van der Waals surface area contributed by atoms with Crippen molar-refractivity contribution in [2.45, 2.75) is 17.7 Å². The number of H-pyrrole nitrogens is 1. The van der Waals surface area contributed by atoms with Crippen LogP contribution >= 0.6 is 27.5 Å². The molecular formula is C22H22BrClFN3O4S. The molecule has 0 aliphatic heterocycles. The van der Waals surface area contributed by atoms with E-state index in [1.807, 2.05) is 0 Å². The second-order valence-electron chi connectivity index (χ2n) is 7.34. The van der Waals surface area contributed by atoms with E-state index in [1.54, 1.807) is 31.4 Å². The number of ether oxygens (including phenoxy) is 1. The topological polar surface area (TPSA) is 92.4 Å². The van der Waals surface area contributed by atoms with Crippen molar-refractivity contribution in [1.82, 2.24) is 14.9 Å². The Morgan fingerprint density at radius 3 is 2.64 bits per heavy atom. The van der Waals surface area contributed by atoms with Crippen LogP contribution in [0.15, 0.2) is 52.0 Å². The summed E-state index contributed by atoms with van der Waals surface area (Å²) in [5, 5.41) is 0.118. The fourth-order valence-corrected chi connectivity index (χ4v) is 5.36. The number of halogens is 3. The summed E-state index contributed by atoms with van der Waals surface area (Å²) in [6, 6.07) is 9.36. The Hall–Kier alpha value is -2.43. The van der Waals surface area contributed by atoms with Gasteiger partial charge in [0.05, 0.1) is 39.1 Å². The first-order valence-corrected chi connectivity index (χ1v) is 12.8. The summed E-state index contributed by atoms with van der Waals surface area (Å²) >= 11 is 9.32. The number of hydrogen-bond donors (Lipinski definition) is 1. The maximum Gasteiger partial charge on any atom is 0.409 e. The van der Waals surface area contributed by atoms with Gasteiger partial charge in [-0.25, -0.2) is 22.6 Å². The number of methoxy groups -OCH3 is 1. The molecular weight excluding hydrogens is 537 g/mol. The Morgan fingerprint density at radius 1 is 1.21 bits per heavy atom. The van der Waals surface area contributed by atoms with Crippen molar-refractivity contribution in [3.63, 3.8) is 0 Å². The van der Waals surface area contributed by atoms with Gasteiger partial charge in [-0.3, -0.25) is 0 Å². The molecule has 33 heavy (non-hydrogen) atoms. The summed E-state index contributed by atoms with van der Waals surface area (Å²) in [6.07, 6.45) is 1.92. The smallest absolute Gasteiger partial charge is 0.409 e. The van der Waals surface area contributed by atoms with Crippen molar-refractivity contribution in [3.05, 3.63) is 57.9 Å². The monoisotopic (exact) mass is 557 g/mol. The maximum atomic E-state index is 13.9. The van der Waals surface area contributed by atoms with E-state index in [0.717, 1.165) is 0 Å². The number of imidazole rings is 1. The fourth-order valence-electron chi connectivity index (χ4n) is 3.17. The summed E-state index contributed by atoms with van der Waals surface area (Å²) in [5.74, 6) is -0.0882. The van der Waals surface area contributed by atoms with Gasteiger partial charge in [-0.2, -0.15) is 0 Å². The third-order valence-corrected chi connectivity index (χ3v) is 7.91. The van der Waals surface area contributed by atoms with Crippen molar-refractivity contribution < 1.29 is 22.3 Å². The van der Waals surface area contributed by atoms with Gasteiger partial charge < -0.3 is 14.6 Å².